The monoisotopic (exact) mass is 267 g/mol. The lowest BCUT2D eigenvalue weighted by atomic mass is 9.86. The second-order valence-corrected chi connectivity index (χ2v) is 5.64. The lowest BCUT2D eigenvalue weighted by Gasteiger charge is -2.31. The van der Waals surface area contributed by atoms with Crippen LogP contribution in [0.15, 0.2) is 18.7 Å². The summed E-state index contributed by atoms with van der Waals surface area (Å²) in [5.41, 5.74) is -0.122. The zero-order valence-electron chi connectivity index (χ0n) is 11.6. The van der Waals surface area contributed by atoms with Crippen LogP contribution in [0.25, 0.3) is 0 Å². The van der Waals surface area contributed by atoms with Gasteiger partial charge in [0.1, 0.15) is 0 Å². The van der Waals surface area contributed by atoms with E-state index in [-0.39, 0.29) is 30.2 Å². The first-order chi connectivity index (χ1) is 8.79. The summed E-state index contributed by atoms with van der Waals surface area (Å²) in [5, 5.41) is 11.5. The zero-order valence-corrected chi connectivity index (χ0v) is 11.6. The third-order valence-electron chi connectivity index (χ3n) is 2.90. The molecule has 0 aromatic carbocycles. The van der Waals surface area contributed by atoms with Gasteiger partial charge >= 0.3 is 5.97 Å². The predicted octanol–water partition coefficient (Wildman–Crippen LogP) is 1.28. The van der Waals surface area contributed by atoms with Crippen molar-refractivity contribution in [3.05, 3.63) is 18.7 Å². The molecule has 1 amide bonds. The number of amides is 1. The fourth-order valence-electron chi connectivity index (χ4n) is 1.63. The predicted molar refractivity (Wildman–Crippen MR) is 70.5 cm³/mol. The van der Waals surface area contributed by atoms with Crippen molar-refractivity contribution in [2.75, 3.05) is 0 Å². The summed E-state index contributed by atoms with van der Waals surface area (Å²) in [5.74, 6) is -1.19. The Morgan fingerprint density at radius 2 is 2.05 bits per heavy atom. The summed E-state index contributed by atoms with van der Waals surface area (Å²) < 4.78 is 1.90. The topological polar surface area (TPSA) is 84.2 Å². The first-order valence-electron chi connectivity index (χ1n) is 6.26. The van der Waals surface area contributed by atoms with Gasteiger partial charge in [0.2, 0.25) is 5.91 Å². The third kappa shape index (κ3) is 5.54. The molecule has 2 N–H and O–H groups in total. The highest BCUT2D eigenvalue weighted by atomic mass is 16.4. The first kappa shape index (κ1) is 15.2. The number of carboxylic acid groups (broad SMARTS) is 1. The van der Waals surface area contributed by atoms with Gasteiger partial charge in [-0.05, 0) is 5.41 Å². The van der Waals surface area contributed by atoms with Gasteiger partial charge in [-0.3, -0.25) is 9.59 Å². The van der Waals surface area contributed by atoms with Crippen LogP contribution in [-0.4, -0.2) is 32.6 Å². The molecular formula is C13H21N3O3. The number of carbonyl (C=O) groups is 2. The Morgan fingerprint density at radius 1 is 1.37 bits per heavy atom. The van der Waals surface area contributed by atoms with Crippen LogP contribution in [0.4, 0.5) is 0 Å². The van der Waals surface area contributed by atoms with Crippen molar-refractivity contribution in [2.24, 2.45) is 5.41 Å². The Bertz CT molecular complexity index is 421. The smallest absolute Gasteiger partial charge is 0.303 e. The van der Waals surface area contributed by atoms with E-state index in [2.05, 4.69) is 10.3 Å². The summed E-state index contributed by atoms with van der Waals surface area (Å²) in [6.45, 7) is 6.71. The molecule has 1 aromatic heterocycles. The summed E-state index contributed by atoms with van der Waals surface area (Å²) in [6, 6.07) is -0.0806. The van der Waals surface area contributed by atoms with Crippen LogP contribution in [0.5, 0.6) is 0 Å². The third-order valence-corrected chi connectivity index (χ3v) is 2.90. The molecule has 0 fully saturated rings. The maximum absolute atomic E-state index is 11.7. The number of hydrogen-bond donors (Lipinski definition) is 2. The fourth-order valence-corrected chi connectivity index (χ4v) is 1.63. The Hall–Kier alpha value is -1.85. The Labute approximate surface area is 112 Å². The molecule has 106 valence electrons. The van der Waals surface area contributed by atoms with Crippen molar-refractivity contribution in [3.63, 3.8) is 0 Å². The van der Waals surface area contributed by atoms with Crippen molar-refractivity contribution in [1.82, 2.24) is 14.9 Å². The van der Waals surface area contributed by atoms with Crippen LogP contribution in [0, 0.1) is 5.41 Å². The lowest BCUT2D eigenvalue weighted by molar-refractivity contribution is -0.139. The van der Waals surface area contributed by atoms with E-state index < -0.39 is 5.97 Å². The van der Waals surface area contributed by atoms with E-state index >= 15 is 0 Å². The Kier molecular flexibility index (Phi) is 5.09. The summed E-state index contributed by atoms with van der Waals surface area (Å²) in [7, 11) is 0. The molecule has 1 rings (SSSR count). The Morgan fingerprint density at radius 3 is 2.53 bits per heavy atom. The molecule has 0 bridgehead atoms. The van der Waals surface area contributed by atoms with E-state index in [4.69, 9.17) is 5.11 Å². The summed E-state index contributed by atoms with van der Waals surface area (Å²) >= 11 is 0. The lowest BCUT2D eigenvalue weighted by Crippen LogP contribution is -2.46. The van der Waals surface area contributed by atoms with Crippen molar-refractivity contribution in [2.45, 2.75) is 46.2 Å². The average molecular weight is 267 g/mol. The molecule has 1 aromatic rings. The molecule has 0 radical (unpaired) electrons. The molecule has 1 unspecified atom stereocenters. The van der Waals surface area contributed by atoms with Crippen LogP contribution < -0.4 is 5.32 Å². The van der Waals surface area contributed by atoms with E-state index in [0.29, 0.717) is 6.54 Å². The molecule has 0 saturated heterocycles. The maximum Gasteiger partial charge on any atom is 0.303 e. The van der Waals surface area contributed by atoms with Gasteiger partial charge in [0.15, 0.2) is 0 Å². The standard InChI is InChI=1S/C13H21N3O3/c1-13(2,3)10(8-16-7-6-14-9-16)15-11(17)4-5-12(18)19/h6-7,9-10H,4-5,8H2,1-3H3,(H,15,17)(H,18,19). The number of aliphatic carboxylic acids is 1. The number of carbonyl (C=O) groups excluding carboxylic acids is 1. The number of aromatic nitrogens is 2. The molecule has 19 heavy (non-hydrogen) atoms. The van der Waals surface area contributed by atoms with Crippen molar-refractivity contribution in [3.8, 4) is 0 Å². The van der Waals surface area contributed by atoms with Crippen LogP contribution in [0.3, 0.4) is 0 Å². The van der Waals surface area contributed by atoms with Gasteiger partial charge in [-0.1, -0.05) is 20.8 Å². The maximum atomic E-state index is 11.7. The largest absolute Gasteiger partial charge is 0.481 e. The van der Waals surface area contributed by atoms with E-state index in [1.54, 1.807) is 12.5 Å². The van der Waals surface area contributed by atoms with Gasteiger partial charge < -0.3 is 15.0 Å². The zero-order chi connectivity index (χ0) is 14.5. The van der Waals surface area contributed by atoms with Crippen LogP contribution in [0.2, 0.25) is 0 Å². The molecular weight excluding hydrogens is 246 g/mol. The minimum Gasteiger partial charge on any atom is -0.481 e. The van der Waals surface area contributed by atoms with E-state index in [9.17, 15) is 9.59 Å². The first-order valence-corrected chi connectivity index (χ1v) is 6.26. The number of hydrogen-bond acceptors (Lipinski definition) is 3. The summed E-state index contributed by atoms with van der Waals surface area (Å²) in [6.07, 6.45) is 5.08. The highest BCUT2D eigenvalue weighted by Gasteiger charge is 2.26. The molecule has 6 nitrogen and oxygen atoms in total. The van der Waals surface area contributed by atoms with Crippen molar-refractivity contribution < 1.29 is 14.7 Å². The molecule has 0 aliphatic rings. The summed E-state index contributed by atoms with van der Waals surface area (Å²) in [4.78, 5) is 26.2. The minimum atomic E-state index is -0.961. The van der Waals surface area contributed by atoms with Crippen LogP contribution >= 0.6 is 0 Å². The number of rotatable bonds is 6. The SMILES string of the molecule is CC(C)(C)C(Cn1ccnc1)NC(=O)CCC(=O)O. The molecule has 0 aliphatic heterocycles. The second-order valence-electron chi connectivity index (χ2n) is 5.64. The quantitative estimate of drug-likeness (QED) is 0.813. The average Bonchev–Trinajstić information content (AvgIpc) is 2.77. The second kappa shape index (κ2) is 6.36. The van der Waals surface area contributed by atoms with Gasteiger partial charge in [-0.15, -0.1) is 0 Å². The fraction of sp³-hybridized carbons (Fsp3) is 0.615. The van der Waals surface area contributed by atoms with Crippen LogP contribution in [-0.2, 0) is 16.1 Å². The van der Waals surface area contributed by atoms with Gasteiger partial charge in [-0.25, -0.2) is 4.98 Å². The molecule has 6 heteroatoms. The molecule has 0 saturated carbocycles. The van der Waals surface area contributed by atoms with E-state index in [1.807, 2.05) is 31.5 Å². The van der Waals surface area contributed by atoms with Crippen molar-refractivity contribution in [1.29, 1.82) is 0 Å². The number of imidazole rings is 1. The highest BCUT2D eigenvalue weighted by Crippen LogP contribution is 2.21. The Balaban J connectivity index is 2.60. The molecule has 0 aliphatic carbocycles. The van der Waals surface area contributed by atoms with Crippen LogP contribution in [0.1, 0.15) is 33.6 Å². The van der Waals surface area contributed by atoms with Gasteiger partial charge in [0, 0.05) is 25.4 Å². The van der Waals surface area contributed by atoms with E-state index in [0.717, 1.165) is 0 Å². The van der Waals surface area contributed by atoms with Crippen molar-refractivity contribution >= 4 is 11.9 Å². The van der Waals surface area contributed by atoms with Gasteiger partial charge in [-0.2, -0.15) is 0 Å². The molecule has 1 atom stereocenters. The van der Waals surface area contributed by atoms with Gasteiger partial charge in [0.25, 0.3) is 0 Å². The number of carboxylic acids is 1. The normalized spacial score (nSPS) is 13.0. The van der Waals surface area contributed by atoms with E-state index in [1.165, 1.54) is 0 Å². The highest BCUT2D eigenvalue weighted by molar-refractivity contribution is 5.80. The molecule has 1 heterocycles. The number of nitrogens with zero attached hydrogens (tertiary/aromatic N) is 2. The molecule has 0 spiro atoms. The minimum absolute atomic E-state index is 0.00580. The van der Waals surface area contributed by atoms with Gasteiger partial charge in [0.05, 0.1) is 18.8 Å². The number of nitrogens with one attached hydrogen (secondary N) is 1.